The van der Waals surface area contributed by atoms with Crippen molar-refractivity contribution < 1.29 is 9.94 Å². The summed E-state index contributed by atoms with van der Waals surface area (Å²) in [6.07, 6.45) is 1.26. The molecule has 0 fully saturated rings. The first kappa shape index (κ1) is 12.8. The smallest absolute Gasteiger partial charge is 0.139 e. The second-order valence-corrected chi connectivity index (χ2v) is 4.37. The van der Waals surface area contributed by atoms with Crippen LogP contribution in [0.25, 0.3) is 0 Å². The Morgan fingerprint density at radius 1 is 1.56 bits per heavy atom. The van der Waals surface area contributed by atoms with Crippen LogP contribution in [0.3, 0.4) is 0 Å². The number of ether oxygens (including phenoxy) is 1. The number of halogens is 1. The number of hydrogen-bond acceptors (Lipinski definition) is 3. The first-order valence-corrected chi connectivity index (χ1v) is 5.78. The Labute approximate surface area is 103 Å². The largest absolute Gasteiger partial charge is 0.493 e. The minimum Gasteiger partial charge on any atom is -0.493 e. The Bertz CT molecular complexity index is 380. The standard InChI is InChI=1S/C11H15BrN2O2/c1-8-4-5-9(12)7-10(8)16-6-2-3-11(13)14-15/h4-5,7,15H,2-3,6H2,1H3,(H2,13,14). The molecule has 3 N–H and O–H groups in total. The Hall–Kier alpha value is -1.23. The monoisotopic (exact) mass is 286 g/mol. The summed E-state index contributed by atoms with van der Waals surface area (Å²) in [4.78, 5) is 0. The van der Waals surface area contributed by atoms with E-state index in [4.69, 9.17) is 15.7 Å². The van der Waals surface area contributed by atoms with Gasteiger partial charge in [0.15, 0.2) is 0 Å². The first-order valence-electron chi connectivity index (χ1n) is 4.99. The van der Waals surface area contributed by atoms with Gasteiger partial charge < -0.3 is 15.7 Å². The first-order chi connectivity index (χ1) is 7.63. The van der Waals surface area contributed by atoms with Gasteiger partial charge in [0.05, 0.1) is 6.61 Å². The zero-order valence-electron chi connectivity index (χ0n) is 9.11. The summed E-state index contributed by atoms with van der Waals surface area (Å²) in [6.45, 7) is 2.54. The van der Waals surface area contributed by atoms with Crippen LogP contribution >= 0.6 is 15.9 Å². The molecule has 0 atom stereocenters. The molecule has 1 aromatic rings. The average Bonchev–Trinajstić information content (AvgIpc) is 2.28. The van der Waals surface area contributed by atoms with E-state index in [-0.39, 0.29) is 5.84 Å². The van der Waals surface area contributed by atoms with Crippen LogP contribution < -0.4 is 10.5 Å². The van der Waals surface area contributed by atoms with Gasteiger partial charge in [0.1, 0.15) is 11.6 Å². The van der Waals surface area contributed by atoms with Crippen LogP contribution in [0.15, 0.2) is 27.8 Å². The maximum absolute atomic E-state index is 8.35. The van der Waals surface area contributed by atoms with Crippen molar-refractivity contribution in [3.05, 3.63) is 28.2 Å². The highest BCUT2D eigenvalue weighted by Gasteiger charge is 2.00. The van der Waals surface area contributed by atoms with E-state index >= 15 is 0 Å². The van der Waals surface area contributed by atoms with Crippen molar-refractivity contribution in [2.45, 2.75) is 19.8 Å². The Morgan fingerprint density at radius 2 is 2.31 bits per heavy atom. The number of nitrogens with two attached hydrogens (primary N) is 1. The van der Waals surface area contributed by atoms with E-state index in [1.54, 1.807) is 0 Å². The van der Waals surface area contributed by atoms with Gasteiger partial charge in [0.2, 0.25) is 0 Å². The molecule has 5 heteroatoms. The molecule has 0 aliphatic rings. The van der Waals surface area contributed by atoms with Gasteiger partial charge in [-0.15, -0.1) is 0 Å². The molecule has 88 valence electrons. The summed E-state index contributed by atoms with van der Waals surface area (Å²) in [5.74, 6) is 1.09. The van der Waals surface area contributed by atoms with Crippen LogP contribution in [0.2, 0.25) is 0 Å². The topological polar surface area (TPSA) is 67.8 Å². The van der Waals surface area contributed by atoms with Crippen LogP contribution in [-0.4, -0.2) is 17.6 Å². The molecule has 0 saturated heterocycles. The van der Waals surface area contributed by atoms with Gasteiger partial charge in [-0.25, -0.2) is 0 Å². The molecule has 0 spiro atoms. The lowest BCUT2D eigenvalue weighted by Gasteiger charge is -2.09. The molecule has 0 saturated carbocycles. The van der Waals surface area contributed by atoms with Crippen LogP contribution in [-0.2, 0) is 0 Å². The quantitative estimate of drug-likeness (QED) is 0.287. The van der Waals surface area contributed by atoms with Gasteiger partial charge in [0, 0.05) is 10.9 Å². The molecule has 0 aliphatic carbocycles. The molecule has 1 aromatic carbocycles. The van der Waals surface area contributed by atoms with Crippen molar-refractivity contribution >= 4 is 21.8 Å². The average molecular weight is 287 g/mol. The maximum atomic E-state index is 8.35. The zero-order valence-corrected chi connectivity index (χ0v) is 10.7. The zero-order chi connectivity index (χ0) is 12.0. The summed E-state index contributed by atoms with van der Waals surface area (Å²) in [5.41, 5.74) is 6.43. The summed E-state index contributed by atoms with van der Waals surface area (Å²) in [6, 6.07) is 5.89. The number of hydrogen-bond donors (Lipinski definition) is 2. The van der Waals surface area contributed by atoms with Crippen molar-refractivity contribution in [1.29, 1.82) is 0 Å². The van der Waals surface area contributed by atoms with Crippen LogP contribution in [0.5, 0.6) is 5.75 Å². The molecular weight excluding hydrogens is 272 g/mol. The van der Waals surface area contributed by atoms with Crippen LogP contribution in [0, 0.1) is 6.92 Å². The third-order valence-corrected chi connectivity index (χ3v) is 2.61. The molecule has 0 heterocycles. The van der Waals surface area contributed by atoms with Crippen molar-refractivity contribution in [1.82, 2.24) is 0 Å². The molecule has 1 rings (SSSR count). The van der Waals surface area contributed by atoms with E-state index in [2.05, 4.69) is 21.1 Å². The van der Waals surface area contributed by atoms with Gasteiger partial charge in [-0.3, -0.25) is 0 Å². The number of aryl methyl sites for hydroxylation is 1. The Balaban J connectivity index is 2.40. The highest BCUT2D eigenvalue weighted by atomic mass is 79.9. The molecule has 0 aromatic heterocycles. The number of rotatable bonds is 5. The molecule has 0 radical (unpaired) electrons. The van der Waals surface area contributed by atoms with Crippen molar-refractivity contribution in [3.8, 4) is 5.75 Å². The minimum atomic E-state index is 0.231. The molecule has 0 aliphatic heterocycles. The molecule has 16 heavy (non-hydrogen) atoms. The lowest BCUT2D eigenvalue weighted by molar-refractivity contribution is 0.304. The molecule has 4 nitrogen and oxygen atoms in total. The summed E-state index contributed by atoms with van der Waals surface area (Å²) in [5, 5.41) is 11.2. The fourth-order valence-corrected chi connectivity index (χ4v) is 1.55. The molecule has 0 amide bonds. The second kappa shape index (κ2) is 6.37. The number of amidine groups is 1. The van der Waals surface area contributed by atoms with E-state index in [1.807, 2.05) is 25.1 Å². The van der Waals surface area contributed by atoms with Gasteiger partial charge in [-0.2, -0.15) is 0 Å². The van der Waals surface area contributed by atoms with Gasteiger partial charge in [-0.1, -0.05) is 27.2 Å². The summed E-state index contributed by atoms with van der Waals surface area (Å²) in [7, 11) is 0. The highest BCUT2D eigenvalue weighted by Crippen LogP contribution is 2.22. The Kier molecular flexibility index (Phi) is 5.11. The van der Waals surface area contributed by atoms with Crippen LogP contribution in [0.4, 0.5) is 0 Å². The van der Waals surface area contributed by atoms with Gasteiger partial charge in [-0.05, 0) is 31.0 Å². The third-order valence-electron chi connectivity index (χ3n) is 2.11. The van der Waals surface area contributed by atoms with E-state index in [0.717, 1.165) is 22.2 Å². The van der Waals surface area contributed by atoms with E-state index in [9.17, 15) is 0 Å². The molecule has 0 unspecified atom stereocenters. The highest BCUT2D eigenvalue weighted by molar-refractivity contribution is 9.10. The maximum Gasteiger partial charge on any atom is 0.139 e. The Morgan fingerprint density at radius 3 is 3.00 bits per heavy atom. The SMILES string of the molecule is Cc1ccc(Br)cc1OCCC/C(N)=N/O. The molecular formula is C11H15BrN2O2. The number of nitrogens with zero attached hydrogens (tertiary/aromatic N) is 1. The van der Waals surface area contributed by atoms with E-state index in [0.29, 0.717) is 13.0 Å². The van der Waals surface area contributed by atoms with Crippen LogP contribution in [0.1, 0.15) is 18.4 Å². The van der Waals surface area contributed by atoms with Gasteiger partial charge >= 0.3 is 0 Å². The van der Waals surface area contributed by atoms with Crippen molar-refractivity contribution in [2.24, 2.45) is 10.9 Å². The van der Waals surface area contributed by atoms with Crippen molar-refractivity contribution in [2.75, 3.05) is 6.61 Å². The molecule has 0 bridgehead atoms. The fourth-order valence-electron chi connectivity index (χ4n) is 1.21. The second-order valence-electron chi connectivity index (χ2n) is 3.45. The number of benzene rings is 1. The van der Waals surface area contributed by atoms with Gasteiger partial charge in [0.25, 0.3) is 0 Å². The van der Waals surface area contributed by atoms with E-state index in [1.165, 1.54) is 0 Å². The summed E-state index contributed by atoms with van der Waals surface area (Å²) >= 11 is 3.39. The lowest BCUT2D eigenvalue weighted by atomic mass is 10.2. The fraction of sp³-hybridized carbons (Fsp3) is 0.364. The number of oxime groups is 1. The lowest BCUT2D eigenvalue weighted by Crippen LogP contribution is -2.12. The van der Waals surface area contributed by atoms with Crippen molar-refractivity contribution in [3.63, 3.8) is 0 Å². The predicted molar refractivity (Wildman–Crippen MR) is 67.0 cm³/mol. The minimum absolute atomic E-state index is 0.231. The third kappa shape index (κ3) is 4.10. The normalized spacial score (nSPS) is 11.5. The van der Waals surface area contributed by atoms with E-state index < -0.39 is 0 Å². The summed E-state index contributed by atoms with van der Waals surface area (Å²) < 4.78 is 6.58. The predicted octanol–water partition coefficient (Wildman–Crippen LogP) is 2.66.